The molecule has 0 aromatic carbocycles. The molecule has 0 radical (unpaired) electrons. The first-order chi connectivity index (χ1) is 8.24. The summed E-state index contributed by atoms with van der Waals surface area (Å²) in [5.74, 6) is 1.07. The molecule has 0 aromatic rings. The van der Waals surface area contributed by atoms with Crippen LogP contribution in [0.2, 0.25) is 0 Å². The summed E-state index contributed by atoms with van der Waals surface area (Å²) in [6.45, 7) is 5.93. The average Bonchev–Trinajstić information content (AvgIpc) is 2.27. The Morgan fingerprint density at radius 2 is 2.06 bits per heavy atom. The van der Waals surface area contributed by atoms with Crippen LogP contribution in [0.1, 0.15) is 58.8 Å². The van der Waals surface area contributed by atoms with Crippen LogP contribution in [0.5, 0.6) is 0 Å². The maximum Gasteiger partial charge on any atom is 0.236 e. The van der Waals surface area contributed by atoms with Crippen molar-refractivity contribution in [2.45, 2.75) is 64.8 Å². The van der Waals surface area contributed by atoms with Crippen molar-refractivity contribution >= 4 is 5.91 Å². The molecule has 0 spiro atoms. The molecule has 17 heavy (non-hydrogen) atoms. The predicted molar refractivity (Wildman–Crippen MR) is 72.0 cm³/mol. The first-order valence-electron chi connectivity index (χ1n) is 7.25. The largest absolute Gasteiger partial charge is 0.355 e. The van der Waals surface area contributed by atoms with Crippen molar-refractivity contribution in [1.82, 2.24) is 10.6 Å². The molecule has 3 nitrogen and oxygen atoms in total. The SMILES string of the molecule is CCCCCNC(=O)C(C)NCCC1CCC1. The van der Waals surface area contributed by atoms with Gasteiger partial charge < -0.3 is 10.6 Å². The number of carbonyl (C=O) groups excluding carboxylic acids is 1. The number of hydrogen-bond donors (Lipinski definition) is 2. The number of carbonyl (C=O) groups is 1. The Morgan fingerprint density at radius 1 is 1.29 bits per heavy atom. The molecule has 2 N–H and O–H groups in total. The monoisotopic (exact) mass is 240 g/mol. The van der Waals surface area contributed by atoms with E-state index in [1.807, 2.05) is 6.92 Å². The van der Waals surface area contributed by atoms with Crippen LogP contribution in [0, 0.1) is 5.92 Å². The maximum atomic E-state index is 11.7. The molecule has 1 fully saturated rings. The van der Waals surface area contributed by atoms with Crippen LogP contribution in [0.25, 0.3) is 0 Å². The lowest BCUT2D eigenvalue weighted by Gasteiger charge is -2.25. The van der Waals surface area contributed by atoms with Gasteiger partial charge in [0.15, 0.2) is 0 Å². The standard InChI is InChI=1S/C14H28N2O/c1-3-4-5-10-16-14(17)12(2)15-11-9-13-7-6-8-13/h12-13,15H,3-11H2,1-2H3,(H,16,17). The van der Waals surface area contributed by atoms with Gasteiger partial charge in [-0.15, -0.1) is 0 Å². The Hall–Kier alpha value is -0.570. The summed E-state index contributed by atoms with van der Waals surface area (Å²) in [5, 5.41) is 6.29. The number of nitrogens with one attached hydrogen (secondary N) is 2. The van der Waals surface area contributed by atoms with E-state index in [2.05, 4.69) is 17.6 Å². The zero-order valence-electron chi connectivity index (χ0n) is 11.4. The van der Waals surface area contributed by atoms with Gasteiger partial charge in [0, 0.05) is 6.54 Å². The quantitative estimate of drug-likeness (QED) is 0.608. The Kier molecular flexibility index (Phi) is 7.25. The van der Waals surface area contributed by atoms with E-state index >= 15 is 0 Å². The average molecular weight is 240 g/mol. The highest BCUT2D eigenvalue weighted by Crippen LogP contribution is 2.28. The minimum Gasteiger partial charge on any atom is -0.355 e. The van der Waals surface area contributed by atoms with Crippen LogP contribution in [0.15, 0.2) is 0 Å². The van der Waals surface area contributed by atoms with E-state index in [-0.39, 0.29) is 11.9 Å². The molecule has 0 saturated heterocycles. The highest BCUT2D eigenvalue weighted by molar-refractivity contribution is 5.81. The predicted octanol–water partition coefficient (Wildman–Crippen LogP) is 2.46. The minimum absolute atomic E-state index is 0.0447. The highest BCUT2D eigenvalue weighted by Gasteiger charge is 2.17. The van der Waals surface area contributed by atoms with Crippen molar-refractivity contribution < 1.29 is 4.79 Å². The van der Waals surface area contributed by atoms with Gasteiger partial charge in [-0.1, -0.05) is 39.0 Å². The fourth-order valence-electron chi connectivity index (χ4n) is 2.12. The lowest BCUT2D eigenvalue weighted by Crippen LogP contribution is -2.43. The second-order valence-electron chi connectivity index (χ2n) is 5.26. The third-order valence-electron chi connectivity index (χ3n) is 3.70. The first-order valence-corrected chi connectivity index (χ1v) is 7.25. The topological polar surface area (TPSA) is 41.1 Å². The molecule has 0 aromatic heterocycles. The van der Waals surface area contributed by atoms with Gasteiger partial charge in [0.05, 0.1) is 6.04 Å². The molecule has 0 bridgehead atoms. The maximum absolute atomic E-state index is 11.7. The summed E-state index contributed by atoms with van der Waals surface area (Å²) in [5.41, 5.74) is 0. The van der Waals surface area contributed by atoms with Crippen molar-refractivity contribution in [3.63, 3.8) is 0 Å². The van der Waals surface area contributed by atoms with Crippen LogP contribution < -0.4 is 10.6 Å². The van der Waals surface area contributed by atoms with E-state index in [1.165, 1.54) is 38.5 Å². The summed E-state index contributed by atoms with van der Waals surface area (Å²) in [6.07, 6.45) is 8.90. The van der Waals surface area contributed by atoms with E-state index in [9.17, 15) is 4.79 Å². The van der Waals surface area contributed by atoms with Crippen LogP contribution in [0.4, 0.5) is 0 Å². The van der Waals surface area contributed by atoms with Gasteiger partial charge in [0.25, 0.3) is 0 Å². The summed E-state index contributed by atoms with van der Waals surface area (Å²) in [4.78, 5) is 11.7. The Labute approximate surface area is 106 Å². The molecule has 1 rings (SSSR count). The van der Waals surface area contributed by atoms with E-state index in [4.69, 9.17) is 0 Å². The van der Waals surface area contributed by atoms with Crippen molar-refractivity contribution in [3.8, 4) is 0 Å². The normalized spacial score (nSPS) is 17.5. The fourth-order valence-corrected chi connectivity index (χ4v) is 2.12. The Bertz CT molecular complexity index is 214. The summed E-state index contributed by atoms with van der Waals surface area (Å²) < 4.78 is 0. The zero-order valence-corrected chi connectivity index (χ0v) is 11.4. The summed E-state index contributed by atoms with van der Waals surface area (Å²) >= 11 is 0. The molecule has 3 heteroatoms. The lowest BCUT2D eigenvalue weighted by molar-refractivity contribution is -0.122. The highest BCUT2D eigenvalue weighted by atomic mass is 16.2. The lowest BCUT2D eigenvalue weighted by atomic mass is 9.83. The molecule has 100 valence electrons. The van der Waals surface area contributed by atoms with Gasteiger partial charge in [0.2, 0.25) is 5.91 Å². The zero-order chi connectivity index (χ0) is 12.5. The van der Waals surface area contributed by atoms with Gasteiger partial charge in [-0.2, -0.15) is 0 Å². The van der Waals surface area contributed by atoms with Crippen LogP contribution in [0.3, 0.4) is 0 Å². The molecular formula is C14H28N2O. The summed E-state index contributed by atoms with van der Waals surface area (Å²) in [7, 11) is 0. The molecular weight excluding hydrogens is 212 g/mol. The molecule has 0 aliphatic heterocycles. The third kappa shape index (κ3) is 6.06. The third-order valence-corrected chi connectivity index (χ3v) is 3.70. The Balaban J connectivity index is 1.96. The number of hydrogen-bond acceptors (Lipinski definition) is 2. The van der Waals surface area contributed by atoms with Gasteiger partial charge in [-0.3, -0.25) is 4.79 Å². The van der Waals surface area contributed by atoms with Gasteiger partial charge >= 0.3 is 0 Å². The molecule has 1 atom stereocenters. The number of unbranched alkanes of at least 4 members (excludes halogenated alkanes) is 2. The fraction of sp³-hybridized carbons (Fsp3) is 0.929. The molecule has 1 aliphatic carbocycles. The number of amides is 1. The van der Waals surface area contributed by atoms with Crippen molar-refractivity contribution in [3.05, 3.63) is 0 Å². The number of rotatable bonds is 9. The van der Waals surface area contributed by atoms with Crippen LogP contribution in [-0.2, 0) is 4.79 Å². The molecule has 1 unspecified atom stereocenters. The van der Waals surface area contributed by atoms with Crippen LogP contribution in [-0.4, -0.2) is 25.0 Å². The van der Waals surface area contributed by atoms with Gasteiger partial charge in [-0.25, -0.2) is 0 Å². The Morgan fingerprint density at radius 3 is 2.65 bits per heavy atom. The second-order valence-corrected chi connectivity index (χ2v) is 5.26. The second kappa shape index (κ2) is 8.51. The van der Waals surface area contributed by atoms with Crippen molar-refractivity contribution in [2.24, 2.45) is 5.92 Å². The van der Waals surface area contributed by atoms with E-state index in [0.29, 0.717) is 0 Å². The van der Waals surface area contributed by atoms with Crippen molar-refractivity contribution in [1.29, 1.82) is 0 Å². The van der Waals surface area contributed by atoms with E-state index < -0.39 is 0 Å². The molecule has 0 heterocycles. The van der Waals surface area contributed by atoms with E-state index in [0.717, 1.165) is 25.4 Å². The van der Waals surface area contributed by atoms with Crippen LogP contribution >= 0.6 is 0 Å². The smallest absolute Gasteiger partial charge is 0.236 e. The van der Waals surface area contributed by atoms with Crippen molar-refractivity contribution in [2.75, 3.05) is 13.1 Å². The minimum atomic E-state index is -0.0447. The molecule has 1 aliphatic rings. The molecule has 1 amide bonds. The first kappa shape index (κ1) is 14.5. The van der Waals surface area contributed by atoms with E-state index in [1.54, 1.807) is 0 Å². The van der Waals surface area contributed by atoms with Gasteiger partial charge in [0.1, 0.15) is 0 Å². The summed E-state index contributed by atoms with van der Waals surface area (Å²) in [6, 6.07) is -0.0447. The molecule has 1 saturated carbocycles. The van der Waals surface area contributed by atoms with Gasteiger partial charge in [-0.05, 0) is 32.2 Å².